The van der Waals surface area contributed by atoms with Gasteiger partial charge in [0.05, 0.1) is 21.4 Å². The summed E-state index contributed by atoms with van der Waals surface area (Å²) in [5.41, 5.74) is 2.14. The van der Waals surface area contributed by atoms with Crippen LogP contribution < -0.4 is 10.6 Å². The third kappa shape index (κ3) is 2.87. The molecule has 0 bridgehead atoms. The van der Waals surface area contributed by atoms with Gasteiger partial charge in [0.15, 0.2) is 0 Å². The topological polar surface area (TPSA) is 41.0 Å². The monoisotopic (exact) mass is 347 g/mol. The Bertz CT molecular complexity index is 898. The number of aromatic amines is 1. The number of aromatic nitrogens is 2. The van der Waals surface area contributed by atoms with Crippen LogP contribution >= 0.6 is 23.2 Å². The van der Waals surface area contributed by atoms with E-state index >= 15 is 0 Å². The summed E-state index contributed by atoms with van der Waals surface area (Å²) in [6.45, 7) is 0. The maximum Gasteiger partial charge on any atom is 0.332 e. The standard InChI is InChI=1S/C17H15Cl2N3O/c1-21(2)16-15(11-6-4-3-5-7-11)22(17(23)20-16)12-8-9-13(18)14(19)10-12/h3-10H,1-2H3,(H,20,23). The van der Waals surface area contributed by atoms with Gasteiger partial charge in [-0.05, 0) is 18.2 Å². The Morgan fingerprint density at radius 2 is 1.70 bits per heavy atom. The Hall–Kier alpha value is -2.17. The normalized spacial score (nSPS) is 10.8. The molecule has 1 N–H and O–H groups in total. The van der Waals surface area contributed by atoms with Crippen LogP contribution in [0.25, 0.3) is 16.9 Å². The highest BCUT2D eigenvalue weighted by molar-refractivity contribution is 6.42. The lowest BCUT2D eigenvalue weighted by atomic mass is 10.1. The predicted octanol–water partition coefficient (Wildman–Crippen LogP) is 4.21. The van der Waals surface area contributed by atoms with Crippen molar-refractivity contribution in [3.63, 3.8) is 0 Å². The van der Waals surface area contributed by atoms with Crippen molar-refractivity contribution in [1.29, 1.82) is 0 Å². The van der Waals surface area contributed by atoms with Crippen molar-refractivity contribution in [3.8, 4) is 16.9 Å². The summed E-state index contributed by atoms with van der Waals surface area (Å²) in [4.78, 5) is 17.3. The van der Waals surface area contributed by atoms with Crippen molar-refractivity contribution in [1.82, 2.24) is 9.55 Å². The first-order valence-electron chi connectivity index (χ1n) is 7.02. The van der Waals surface area contributed by atoms with Crippen LogP contribution in [0, 0.1) is 0 Å². The molecule has 0 aliphatic carbocycles. The van der Waals surface area contributed by atoms with Gasteiger partial charge in [0, 0.05) is 19.7 Å². The van der Waals surface area contributed by atoms with Gasteiger partial charge in [0.2, 0.25) is 0 Å². The second-order valence-electron chi connectivity index (χ2n) is 5.32. The van der Waals surface area contributed by atoms with Gasteiger partial charge in [-0.3, -0.25) is 9.55 Å². The summed E-state index contributed by atoms with van der Waals surface area (Å²) < 4.78 is 1.60. The van der Waals surface area contributed by atoms with E-state index in [1.807, 2.05) is 49.3 Å². The molecule has 0 aliphatic rings. The molecule has 0 radical (unpaired) electrons. The highest BCUT2D eigenvalue weighted by Gasteiger charge is 2.19. The number of anilines is 1. The number of halogens is 2. The van der Waals surface area contributed by atoms with E-state index < -0.39 is 0 Å². The number of H-pyrrole nitrogens is 1. The van der Waals surface area contributed by atoms with Crippen LogP contribution in [0.4, 0.5) is 5.82 Å². The highest BCUT2D eigenvalue weighted by Crippen LogP contribution is 2.31. The van der Waals surface area contributed by atoms with Gasteiger partial charge in [-0.1, -0.05) is 53.5 Å². The molecular formula is C17H15Cl2N3O. The largest absolute Gasteiger partial charge is 0.362 e. The number of nitrogens with zero attached hydrogens (tertiary/aromatic N) is 2. The number of hydrogen-bond acceptors (Lipinski definition) is 2. The van der Waals surface area contributed by atoms with Crippen molar-refractivity contribution >= 4 is 29.0 Å². The van der Waals surface area contributed by atoms with Crippen LogP contribution in [-0.4, -0.2) is 23.6 Å². The van der Waals surface area contributed by atoms with E-state index in [0.29, 0.717) is 15.7 Å². The molecule has 118 valence electrons. The van der Waals surface area contributed by atoms with E-state index in [2.05, 4.69) is 4.98 Å². The molecule has 0 spiro atoms. The van der Waals surface area contributed by atoms with Crippen molar-refractivity contribution in [2.45, 2.75) is 0 Å². The van der Waals surface area contributed by atoms with E-state index in [-0.39, 0.29) is 5.69 Å². The molecule has 0 unspecified atom stereocenters. The number of nitrogens with one attached hydrogen (secondary N) is 1. The molecule has 2 aromatic carbocycles. The first-order chi connectivity index (χ1) is 11.0. The van der Waals surface area contributed by atoms with Gasteiger partial charge in [0.25, 0.3) is 0 Å². The summed E-state index contributed by atoms with van der Waals surface area (Å²) in [7, 11) is 3.77. The Kier molecular flexibility index (Phi) is 4.20. The third-order valence-electron chi connectivity index (χ3n) is 3.53. The minimum atomic E-state index is -0.231. The van der Waals surface area contributed by atoms with Gasteiger partial charge in [-0.25, -0.2) is 4.79 Å². The second-order valence-corrected chi connectivity index (χ2v) is 6.14. The fraction of sp³-hybridized carbons (Fsp3) is 0.118. The lowest BCUT2D eigenvalue weighted by molar-refractivity contribution is 0.991. The molecule has 1 heterocycles. The van der Waals surface area contributed by atoms with Crippen molar-refractivity contribution in [2.75, 3.05) is 19.0 Å². The predicted molar refractivity (Wildman–Crippen MR) is 96.2 cm³/mol. The Morgan fingerprint density at radius 1 is 1.00 bits per heavy atom. The average Bonchev–Trinajstić information content (AvgIpc) is 2.88. The van der Waals surface area contributed by atoms with Crippen molar-refractivity contribution < 1.29 is 0 Å². The van der Waals surface area contributed by atoms with E-state index in [9.17, 15) is 4.79 Å². The molecule has 0 amide bonds. The van der Waals surface area contributed by atoms with Crippen molar-refractivity contribution in [2.24, 2.45) is 0 Å². The lowest BCUT2D eigenvalue weighted by Crippen LogP contribution is -2.15. The number of rotatable bonds is 3. The number of imidazole rings is 1. The van der Waals surface area contributed by atoms with Gasteiger partial charge in [-0.2, -0.15) is 0 Å². The maximum atomic E-state index is 12.5. The lowest BCUT2D eigenvalue weighted by Gasteiger charge is -2.15. The zero-order chi connectivity index (χ0) is 16.6. The summed E-state index contributed by atoms with van der Waals surface area (Å²) in [6.07, 6.45) is 0. The molecule has 0 saturated heterocycles. The fourth-order valence-corrected chi connectivity index (χ4v) is 2.77. The van der Waals surface area contributed by atoms with Crippen molar-refractivity contribution in [3.05, 3.63) is 69.1 Å². The molecular weight excluding hydrogens is 333 g/mol. The highest BCUT2D eigenvalue weighted by atomic mass is 35.5. The van der Waals surface area contributed by atoms with Gasteiger partial charge in [-0.15, -0.1) is 0 Å². The number of benzene rings is 2. The SMILES string of the molecule is CN(C)c1[nH]c(=O)n(-c2ccc(Cl)c(Cl)c2)c1-c1ccccc1. The van der Waals surface area contributed by atoms with E-state index in [1.165, 1.54) is 0 Å². The third-order valence-corrected chi connectivity index (χ3v) is 4.27. The summed E-state index contributed by atoms with van der Waals surface area (Å²) in [5.74, 6) is 0.729. The van der Waals surface area contributed by atoms with Gasteiger partial charge < -0.3 is 4.90 Å². The van der Waals surface area contributed by atoms with E-state index in [1.54, 1.807) is 22.8 Å². The molecule has 3 aromatic rings. The molecule has 0 atom stereocenters. The summed E-state index contributed by atoms with van der Waals surface area (Å²) in [5, 5.41) is 0.857. The first-order valence-corrected chi connectivity index (χ1v) is 7.78. The van der Waals surface area contributed by atoms with Crippen LogP contribution in [0.2, 0.25) is 10.0 Å². The molecule has 4 nitrogen and oxygen atoms in total. The van der Waals surface area contributed by atoms with Crippen LogP contribution in [0.5, 0.6) is 0 Å². The van der Waals surface area contributed by atoms with Gasteiger partial charge in [0.1, 0.15) is 5.82 Å². The molecule has 3 rings (SSSR count). The average molecular weight is 348 g/mol. The Morgan fingerprint density at radius 3 is 2.30 bits per heavy atom. The smallest absolute Gasteiger partial charge is 0.332 e. The molecule has 0 saturated carbocycles. The molecule has 1 aromatic heterocycles. The summed E-state index contributed by atoms with van der Waals surface area (Å²) >= 11 is 12.1. The fourth-order valence-electron chi connectivity index (χ4n) is 2.48. The molecule has 6 heteroatoms. The second kappa shape index (κ2) is 6.14. The van der Waals surface area contributed by atoms with Crippen LogP contribution in [0.15, 0.2) is 53.3 Å². The molecule has 0 fully saturated rings. The zero-order valence-corrected chi connectivity index (χ0v) is 14.2. The molecule has 23 heavy (non-hydrogen) atoms. The quantitative estimate of drug-likeness (QED) is 0.771. The summed E-state index contributed by atoms with van der Waals surface area (Å²) in [6, 6.07) is 14.9. The van der Waals surface area contributed by atoms with E-state index in [0.717, 1.165) is 17.1 Å². The zero-order valence-electron chi connectivity index (χ0n) is 12.7. The maximum absolute atomic E-state index is 12.5. The van der Waals surface area contributed by atoms with Crippen LogP contribution in [0.3, 0.4) is 0 Å². The minimum absolute atomic E-state index is 0.231. The molecule has 0 aliphatic heterocycles. The number of hydrogen-bond donors (Lipinski definition) is 1. The first kappa shape index (κ1) is 15.7. The van der Waals surface area contributed by atoms with Crippen LogP contribution in [0.1, 0.15) is 0 Å². The Labute approximate surface area is 143 Å². The Balaban J connectivity index is 2.32. The minimum Gasteiger partial charge on any atom is -0.362 e. The van der Waals surface area contributed by atoms with Crippen LogP contribution in [-0.2, 0) is 0 Å². The van der Waals surface area contributed by atoms with Gasteiger partial charge >= 0.3 is 5.69 Å². The van der Waals surface area contributed by atoms with E-state index in [4.69, 9.17) is 23.2 Å².